The van der Waals surface area contributed by atoms with Crippen molar-refractivity contribution in [1.82, 2.24) is 16.1 Å². The van der Waals surface area contributed by atoms with Gasteiger partial charge in [-0.1, -0.05) is 0 Å². The zero-order chi connectivity index (χ0) is 31.9. The first-order valence-corrected chi connectivity index (χ1v) is 11.6. The number of rotatable bonds is 10. The number of esters is 1. The van der Waals surface area contributed by atoms with Crippen molar-refractivity contribution in [2.75, 3.05) is 13.2 Å². The Bertz CT molecular complexity index is 1290. The average Bonchev–Trinajstić information content (AvgIpc) is 2.88. The summed E-state index contributed by atoms with van der Waals surface area (Å²) >= 11 is 0. The van der Waals surface area contributed by atoms with Crippen molar-refractivity contribution < 1.29 is 58.6 Å². The van der Waals surface area contributed by atoms with E-state index in [1.165, 1.54) is 6.92 Å². The van der Waals surface area contributed by atoms with Gasteiger partial charge in [0.1, 0.15) is 6.34 Å². The highest BCUT2D eigenvalue weighted by Crippen LogP contribution is 2.38. The number of alkyl halides is 9. The Morgan fingerprint density at radius 1 is 0.881 bits per heavy atom. The monoisotopic (exact) mass is 615 g/mol. The van der Waals surface area contributed by atoms with Crippen LogP contribution in [0.25, 0.3) is 0 Å². The lowest BCUT2D eigenvalue weighted by Crippen LogP contribution is -2.39. The molecule has 42 heavy (non-hydrogen) atoms. The SMILES string of the molecule is CCOC(=O)CC(NC(=O)CNC(=O)c1cc(N=CNN)cc(C(F)(F)F)c1)c1cc(C(F)(F)F)cc(C(F)(F)F)c1. The second-order valence-corrected chi connectivity index (χ2v) is 8.34. The quantitative estimate of drug-likeness (QED) is 0.0782. The molecule has 0 bridgehead atoms. The van der Waals surface area contributed by atoms with Crippen LogP contribution in [0.4, 0.5) is 45.2 Å². The largest absolute Gasteiger partial charge is 0.466 e. The van der Waals surface area contributed by atoms with E-state index in [4.69, 9.17) is 5.84 Å². The van der Waals surface area contributed by atoms with Crippen molar-refractivity contribution in [3.05, 3.63) is 64.2 Å². The molecule has 1 unspecified atom stereocenters. The number of hydrogen-bond donors (Lipinski definition) is 4. The standard InChI is InChI=1S/C24H22F9N5O4/c1-2-42-20(40)9-18(12-3-14(22(25,26)27)7-15(4-12)23(28,29)30)38-19(39)10-35-21(41)13-5-16(24(31,32)33)8-17(6-13)36-11-37-34/h3-8,11,18H,2,9-10,34H2,1H3,(H,35,41)(H,36,37)(H,38,39). The summed E-state index contributed by atoms with van der Waals surface area (Å²) in [7, 11) is 0. The Labute approximate surface area is 231 Å². The molecule has 18 heteroatoms. The van der Waals surface area contributed by atoms with Gasteiger partial charge in [-0.05, 0) is 48.9 Å². The van der Waals surface area contributed by atoms with Gasteiger partial charge in [0.25, 0.3) is 5.91 Å². The fourth-order valence-corrected chi connectivity index (χ4v) is 3.42. The molecule has 1 atom stereocenters. The number of nitrogens with one attached hydrogen (secondary N) is 3. The highest BCUT2D eigenvalue weighted by molar-refractivity contribution is 5.97. The van der Waals surface area contributed by atoms with Gasteiger partial charge in [-0.3, -0.25) is 14.4 Å². The Balaban J connectivity index is 2.35. The van der Waals surface area contributed by atoms with Gasteiger partial charge in [-0.25, -0.2) is 10.8 Å². The summed E-state index contributed by atoms with van der Waals surface area (Å²) in [6, 6.07) is 0.646. The highest BCUT2D eigenvalue weighted by Gasteiger charge is 2.38. The van der Waals surface area contributed by atoms with Crippen LogP contribution in [0.3, 0.4) is 0 Å². The summed E-state index contributed by atoms with van der Waals surface area (Å²) in [5, 5.41) is 4.03. The van der Waals surface area contributed by atoms with Crippen molar-refractivity contribution in [2.45, 2.75) is 37.9 Å². The molecule has 0 aliphatic rings. The molecule has 0 aliphatic carbocycles. The van der Waals surface area contributed by atoms with Gasteiger partial charge in [0.15, 0.2) is 0 Å². The van der Waals surface area contributed by atoms with Crippen molar-refractivity contribution in [3.8, 4) is 0 Å². The van der Waals surface area contributed by atoms with Crippen molar-refractivity contribution >= 4 is 29.8 Å². The molecule has 0 radical (unpaired) electrons. The number of benzene rings is 2. The van der Waals surface area contributed by atoms with Crippen LogP contribution in [-0.2, 0) is 32.9 Å². The Morgan fingerprint density at radius 3 is 1.93 bits per heavy atom. The molecule has 5 N–H and O–H groups in total. The topological polar surface area (TPSA) is 135 Å². The zero-order valence-electron chi connectivity index (χ0n) is 21.3. The van der Waals surface area contributed by atoms with Crippen molar-refractivity contribution in [3.63, 3.8) is 0 Å². The number of hydrogen-bond acceptors (Lipinski definition) is 6. The van der Waals surface area contributed by atoms with Crippen LogP contribution in [0.1, 0.15) is 52.0 Å². The Hall–Kier alpha value is -4.35. The second-order valence-electron chi connectivity index (χ2n) is 8.34. The Morgan fingerprint density at radius 2 is 1.43 bits per heavy atom. The van der Waals surface area contributed by atoms with Crippen LogP contribution in [0.5, 0.6) is 0 Å². The molecule has 9 nitrogen and oxygen atoms in total. The van der Waals surface area contributed by atoms with Crippen LogP contribution in [0.15, 0.2) is 41.4 Å². The number of nitrogens with two attached hydrogens (primary N) is 1. The summed E-state index contributed by atoms with van der Waals surface area (Å²) in [5.41, 5.74) is -4.44. The minimum absolute atomic E-state index is 0.149. The molecule has 2 aromatic carbocycles. The van der Waals surface area contributed by atoms with Crippen LogP contribution in [-0.4, -0.2) is 37.3 Å². The van der Waals surface area contributed by atoms with Gasteiger partial charge in [-0.15, -0.1) is 0 Å². The van der Waals surface area contributed by atoms with E-state index >= 15 is 0 Å². The minimum Gasteiger partial charge on any atom is -0.466 e. The highest BCUT2D eigenvalue weighted by atomic mass is 19.4. The molecule has 0 heterocycles. The van der Waals surface area contributed by atoms with Crippen molar-refractivity contribution in [1.29, 1.82) is 0 Å². The number of carbonyl (C=O) groups excluding carboxylic acids is 3. The molecule has 0 aromatic heterocycles. The molecule has 2 aromatic rings. The number of hydrazine groups is 1. The maximum Gasteiger partial charge on any atom is 0.416 e. The molecule has 2 amide bonds. The third-order valence-corrected chi connectivity index (χ3v) is 5.23. The molecule has 2 rings (SSSR count). The first-order valence-electron chi connectivity index (χ1n) is 11.6. The van der Waals surface area contributed by atoms with Crippen LogP contribution in [0.2, 0.25) is 0 Å². The van der Waals surface area contributed by atoms with Gasteiger partial charge in [-0.2, -0.15) is 39.5 Å². The van der Waals surface area contributed by atoms with Gasteiger partial charge >= 0.3 is 24.5 Å². The van der Waals surface area contributed by atoms with Gasteiger partial charge in [0.2, 0.25) is 5.91 Å². The number of aliphatic imine (C=N–C) groups is 1. The van der Waals surface area contributed by atoms with Crippen LogP contribution < -0.4 is 21.9 Å². The zero-order valence-corrected chi connectivity index (χ0v) is 21.3. The van der Waals surface area contributed by atoms with E-state index in [-0.39, 0.29) is 18.4 Å². The van der Waals surface area contributed by atoms with E-state index in [0.29, 0.717) is 24.3 Å². The van der Waals surface area contributed by atoms with Gasteiger partial charge < -0.3 is 20.8 Å². The van der Waals surface area contributed by atoms with Crippen molar-refractivity contribution in [2.24, 2.45) is 10.8 Å². The maximum atomic E-state index is 13.3. The van der Waals surface area contributed by atoms with E-state index < -0.39 is 83.1 Å². The van der Waals surface area contributed by atoms with Crippen LogP contribution >= 0.6 is 0 Å². The summed E-state index contributed by atoms with van der Waals surface area (Å²) in [5.74, 6) is 1.48. The summed E-state index contributed by atoms with van der Waals surface area (Å²) in [6.45, 7) is 0.183. The van der Waals surface area contributed by atoms with Gasteiger partial charge in [0, 0.05) is 5.56 Å². The maximum absolute atomic E-state index is 13.3. The third kappa shape index (κ3) is 9.93. The Kier molecular flexibility index (Phi) is 10.9. The van der Waals surface area contributed by atoms with E-state index in [1.54, 1.807) is 0 Å². The number of carbonyl (C=O) groups is 3. The van der Waals surface area contributed by atoms with E-state index in [2.05, 4.69) is 9.73 Å². The normalized spacial score (nSPS) is 13.0. The fourth-order valence-electron chi connectivity index (χ4n) is 3.42. The predicted molar refractivity (Wildman–Crippen MR) is 128 cm³/mol. The number of amides is 2. The molecular formula is C24H22F9N5O4. The molecule has 0 aliphatic heterocycles. The number of ether oxygens (including phenoxy) is 1. The first kappa shape index (κ1) is 33.9. The van der Waals surface area contributed by atoms with E-state index in [1.807, 2.05) is 16.1 Å². The molecular weight excluding hydrogens is 593 g/mol. The first-order chi connectivity index (χ1) is 19.3. The minimum atomic E-state index is -5.23. The lowest BCUT2D eigenvalue weighted by atomic mass is 9.97. The third-order valence-electron chi connectivity index (χ3n) is 5.23. The smallest absolute Gasteiger partial charge is 0.416 e. The predicted octanol–water partition coefficient (Wildman–Crippen LogP) is 4.41. The molecule has 0 spiro atoms. The summed E-state index contributed by atoms with van der Waals surface area (Å²) < 4.78 is 124. The lowest BCUT2D eigenvalue weighted by Gasteiger charge is -2.22. The fraction of sp³-hybridized carbons (Fsp3) is 0.333. The molecule has 230 valence electrons. The summed E-state index contributed by atoms with van der Waals surface area (Å²) in [4.78, 5) is 40.7. The number of nitrogens with zero attached hydrogens (tertiary/aromatic N) is 1. The lowest BCUT2D eigenvalue weighted by molar-refractivity contribution is -0.144. The van der Waals surface area contributed by atoms with E-state index in [0.717, 1.165) is 12.4 Å². The van der Waals surface area contributed by atoms with E-state index in [9.17, 15) is 53.9 Å². The summed E-state index contributed by atoms with van der Waals surface area (Å²) in [6.07, 6.45) is -15.4. The molecule has 0 saturated carbocycles. The van der Waals surface area contributed by atoms with Crippen LogP contribution in [0, 0.1) is 0 Å². The molecule has 0 saturated heterocycles. The average molecular weight is 615 g/mol. The second kappa shape index (κ2) is 13.5. The van der Waals surface area contributed by atoms with Gasteiger partial charge in [0.05, 0.1) is 48.0 Å². The number of halogens is 9. The molecule has 0 fully saturated rings.